The van der Waals surface area contributed by atoms with Crippen LogP contribution in [0.5, 0.6) is 0 Å². The number of unbranched alkanes of at least 4 members (excludes halogenated alkanes) is 15. The highest BCUT2D eigenvalue weighted by Crippen LogP contribution is 2.25. The maximum Gasteiger partial charge on any atom is 0.407 e. The van der Waals surface area contributed by atoms with Crippen LogP contribution in [0.3, 0.4) is 0 Å². The molecule has 0 spiro atoms. The van der Waals surface area contributed by atoms with Crippen molar-refractivity contribution in [1.82, 2.24) is 5.32 Å². The topological polar surface area (TPSA) is 67.8 Å². The number of ether oxygens (including phenoxy) is 2. The van der Waals surface area contributed by atoms with Gasteiger partial charge in [0.15, 0.2) is 0 Å². The first-order valence-corrected chi connectivity index (χ1v) is 12.9. The van der Waals surface area contributed by atoms with Crippen LogP contribution in [0.25, 0.3) is 0 Å². The fourth-order valence-electron chi connectivity index (χ4n) is 4.15. The van der Waals surface area contributed by atoms with Crippen LogP contribution in [0, 0.1) is 0 Å². The Labute approximate surface area is 185 Å². The van der Waals surface area contributed by atoms with Crippen LogP contribution in [-0.4, -0.2) is 43.2 Å². The fraction of sp³-hybridized carbons (Fsp3) is 0.960. The zero-order valence-corrected chi connectivity index (χ0v) is 19.7. The van der Waals surface area contributed by atoms with Gasteiger partial charge in [-0.25, -0.2) is 4.79 Å². The van der Waals surface area contributed by atoms with E-state index >= 15 is 0 Å². The normalized spacial score (nSPS) is 18.6. The third kappa shape index (κ3) is 14.2. The van der Waals surface area contributed by atoms with Crippen LogP contribution < -0.4 is 5.32 Å². The van der Waals surface area contributed by atoms with E-state index in [1.165, 1.54) is 89.9 Å². The maximum absolute atomic E-state index is 11.7. The molecule has 1 atom stereocenters. The van der Waals surface area contributed by atoms with Crippen molar-refractivity contribution in [2.24, 2.45) is 0 Å². The van der Waals surface area contributed by atoms with Crippen molar-refractivity contribution in [3.05, 3.63) is 0 Å². The molecule has 0 radical (unpaired) electrons. The third-order valence-electron chi connectivity index (χ3n) is 6.24. The smallest absolute Gasteiger partial charge is 0.407 e. The van der Waals surface area contributed by atoms with Gasteiger partial charge in [-0.3, -0.25) is 0 Å². The van der Waals surface area contributed by atoms with Crippen molar-refractivity contribution >= 4 is 6.09 Å². The molecule has 1 fully saturated rings. The van der Waals surface area contributed by atoms with Crippen LogP contribution >= 0.6 is 0 Å². The van der Waals surface area contributed by atoms with Crippen LogP contribution in [-0.2, 0) is 9.47 Å². The summed E-state index contributed by atoms with van der Waals surface area (Å²) in [4.78, 5) is 11.7. The Kier molecular flexibility index (Phi) is 17.2. The quantitative estimate of drug-likeness (QED) is 0.217. The van der Waals surface area contributed by atoms with E-state index in [0.29, 0.717) is 13.2 Å². The summed E-state index contributed by atoms with van der Waals surface area (Å²) in [7, 11) is 0. The van der Waals surface area contributed by atoms with Gasteiger partial charge in [-0.1, -0.05) is 103 Å². The molecular formula is C25H49NO4. The molecule has 1 saturated heterocycles. The molecule has 1 aliphatic rings. The molecule has 5 nitrogen and oxygen atoms in total. The molecule has 1 rings (SSSR count). The van der Waals surface area contributed by atoms with Gasteiger partial charge >= 0.3 is 6.09 Å². The number of aliphatic hydroxyl groups excluding tert-OH is 1. The van der Waals surface area contributed by atoms with Crippen LogP contribution in [0.2, 0.25) is 0 Å². The van der Waals surface area contributed by atoms with Crippen molar-refractivity contribution in [3.8, 4) is 0 Å². The van der Waals surface area contributed by atoms with E-state index in [1.54, 1.807) is 0 Å². The van der Waals surface area contributed by atoms with E-state index in [9.17, 15) is 9.90 Å². The van der Waals surface area contributed by atoms with Crippen molar-refractivity contribution < 1.29 is 19.4 Å². The largest absolute Gasteiger partial charge is 0.446 e. The number of aliphatic hydroxyl groups is 1. The number of rotatable bonds is 20. The predicted molar refractivity (Wildman–Crippen MR) is 124 cm³/mol. The first-order valence-electron chi connectivity index (χ1n) is 12.9. The molecule has 1 heterocycles. The Morgan fingerprint density at radius 1 is 0.867 bits per heavy atom. The lowest BCUT2D eigenvalue weighted by atomic mass is 10.0. The highest BCUT2D eigenvalue weighted by Gasteiger charge is 2.36. The van der Waals surface area contributed by atoms with Gasteiger partial charge in [0.05, 0.1) is 6.61 Å². The Hall–Kier alpha value is -0.810. The molecule has 1 amide bonds. The minimum absolute atomic E-state index is 0.0978. The van der Waals surface area contributed by atoms with Gasteiger partial charge in [0.25, 0.3) is 0 Å². The summed E-state index contributed by atoms with van der Waals surface area (Å²) >= 11 is 0. The van der Waals surface area contributed by atoms with E-state index in [4.69, 9.17) is 9.47 Å². The Balaban J connectivity index is 1.76. The number of alkyl carbamates (subject to hydrolysis) is 1. The number of carbonyl (C=O) groups excluding carboxylic acids is 1. The van der Waals surface area contributed by atoms with Gasteiger partial charge in [0, 0.05) is 13.2 Å². The summed E-state index contributed by atoms with van der Waals surface area (Å²) in [5, 5.41) is 12.2. The molecule has 1 unspecified atom stereocenters. The second kappa shape index (κ2) is 18.9. The average Bonchev–Trinajstić information content (AvgIpc) is 3.24. The summed E-state index contributed by atoms with van der Waals surface area (Å²) in [5.41, 5.74) is -0.675. The molecule has 0 saturated carbocycles. The molecule has 30 heavy (non-hydrogen) atoms. The van der Waals surface area contributed by atoms with Crippen LogP contribution in [0.15, 0.2) is 0 Å². The van der Waals surface area contributed by atoms with Crippen molar-refractivity contribution in [3.63, 3.8) is 0 Å². The zero-order chi connectivity index (χ0) is 21.8. The van der Waals surface area contributed by atoms with E-state index in [2.05, 4.69) is 12.2 Å². The van der Waals surface area contributed by atoms with Crippen molar-refractivity contribution in [2.45, 2.75) is 128 Å². The summed E-state index contributed by atoms with van der Waals surface area (Å²) in [6, 6.07) is 0. The summed E-state index contributed by atoms with van der Waals surface area (Å²) in [6.07, 6.45) is 22.8. The lowest BCUT2D eigenvalue weighted by Gasteiger charge is -2.25. The average molecular weight is 428 g/mol. The lowest BCUT2D eigenvalue weighted by Crippen LogP contribution is -2.40. The van der Waals surface area contributed by atoms with Gasteiger partial charge in [0.2, 0.25) is 0 Å². The first-order chi connectivity index (χ1) is 14.7. The third-order valence-corrected chi connectivity index (χ3v) is 6.24. The molecule has 5 heteroatoms. The van der Waals surface area contributed by atoms with Gasteiger partial charge in [-0.05, 0) is 19.3 Å². The SMILES string of the molecule is CCCCCCCCCCCCCCCCCCNC(=O)OCC1(CO)CCCO1. The number of nitrogens with one attached hydrogen (secondary N) is 1. The molecular weight excluding hydrogens is 378 g/mol. The molecule has 178 valence electrons. The van der Waals surface area contributed by atoms with E-state index in [1.807, 2.05) is 0 Å². The number of carbonyl (C=O) groups is 1. The van der Waals surface area contributed by atoms with Gasteiger partial charge in [0.1, 0.15) is 12.2 Å². The lowest BCUT2D eigenvalue weighted by molar-refractivity contribution is -0.0745. The Bertz CT molecular complexity index is 397. The first kappa shape index (κ1) is 27.2. The van der Waals surface area contributed by atoms with E-state index in [0.717, 1.165) is 25.7 Å². The van der Waals surface area contributed by atoms with Gasteiger partial charge in [-0.2, -0.15) is 0 Å². The van der Waals surface area contributed by atoms with E-state index in [-0.39, 0.29) is 13.2 Å². The standard InChI is InChI=1S/C25H49NO4/c1-2-3-4-5-6-7-8-9-10-11-12-13-14-15-16-17-20-26-24(28)29-23-25(22-27)19-18-21-30-25/h27H,2-23H2,1H3,(H,26,28). The second-order valence-electron chi connectivity index (χ2n) is 9.10. The molecule has 1 aliphatic heterocycles. The number of hydrogen-bond acceptors (Lipinski definition) is 4. The predicted octanol–water partition coefficient (Wildman–Crippen LogP) is 6.52. The second-order valence-corrected chi connectivity index (χ2v) is 9.10. The Morgan fingerprint density at radius 3 is 1.80 bits per heavy atom. The monoisotopic (exact) mass is 427 g/mol. The molecule has 2 N–H and O–H groups in total. The minimum atomic E-state index is -0.675. The summed E-state index contributed by atoms with van der Waals surface area (Å²) < 4.78 is 10.7. The number of hydrogen-bond donors (Lipinski definition) is 2. The summed E-state index contributed by atoms with van der Waals surface area (Å²) in [5.74, 6) is 0. The summed E-state index contributed by atoms with van der Waals surface area (Å²) in [6.45, 7) is 3.60. The highest BCUT2D eigenvalue weighted by molar-refractivity contribution is 5.67. The highest BCUT2D eigenvalue weighted by atomic mass is 16.6. The number of amides is 1. The van der Waals surface area contributed by atoms with Crippen molar-refractivity contribution in [1.29, 1.82) is 0 Å². The molecule has 0 aromatic rings. The van der Waals surface area contributed by atoms with Crippen LogP contribution in [0.4, 0.5) is 4.79 Å². The van der Waals surface area contributed by atoms with Gasteiger partial charge in [-0.15, -0.1) is 0 Å². The fourth-order valence-corrected chi connectivity index (χ4v) is 4.15. The molecule has 0 aliphatic carbocycles. The minimum Gasteiger partial charge on any atom is -0.446 e. The Morgan fingerprint density at radius 2 is 1.37 bits per heavy atom. The van der Waals surface area contributed by atoms with Crippen LogP contribution in [0.1, 0.15) is 122 Å². The molecule has 0 aromatic heterocycles. The maximum atomic E-state index is 11.7. The molecule has 0 aromatic carbocycles. The zero-order valence-electron chi connectivity index (χ0n) is 19.7. The van der Waals surface area contributed by atoms with Crippen molar-refractivity contribution in [2.75, 3.05) is 26.4 Å². The van der Waals surface area contributed by atoms with Gasteiger partial charge < -0.3 is 19.9 Å². The molecule has 0 bridgehead atoms. The van der Waals surface area contributed by atoms with E-state index < -0.39 is 11.7 Å².